The Morgan fingerprint density at radius 1 is 0.602 bits per heavy atom. The zero-order valence-electron chi connectivity index (χ0n) is 50.7. The molecule has 93 heavy (non-hydrogen) atoms. The zero-order valence-corrected chi connectivity index (χ0v) is 54.5. The second-order valence-electron chi connectivity index (χ2n) is 20.9. The fourth-order valence-corrected chi connectivity index (χ4v) is 9.92. The van der Waals surface area contributed by atoms with E-state index in [1.165, 1.54) is 47.9 Å². The highest BCUT2D eigenvalue weighted by atomic mass is 35.5. The van der Waals surface area contributed by atoms with Crippen LogP contribution in [0.3, 0.4) is 0 Å². The summed E-state index contributed by atoms with van der Waals surface area (Å²) in [5.74, 6) is -3.84. The molecule has 2 heterocycles. The van der Waals surface area contributed by atoms with Gasteiger partial charge in [0.25, 0.3) is 11.8 Å². The minimum absolute atomic E-state index is 0.0386. The Balaban J connectivity index is 0.000000254. The van der Waals surface area contributed by atoms with Crippen LogP contribution in [0.5, 0.6) is 0 Å². The molecule has 0 spiro atoms. The lowest BCUT2D eigenvalue weighted by Gasteiger charge is -2.26. The number of aliphatic hydroxyl groups is 2. The maximum Gasteiger partial charge on any atom is 0.511 e. The van der Waals surface area contributed by atoms with E-state index in [1.54, 1.807) is 67.6 Å². The van der Waals surface area contributed by atoms with Crippen molar-refractivity contribution in [3.8, 4) is 22.3 Å². The Bertz CT molecular complexity index is 3420. The average molecular weight is 1390 g/mol. The number of halogens is 5. The van der Waals surface area contributed by atoms with Crippen molar-refractivity contribution >= 4 is 94.1 Å². The third-order valence-corrected chi connectivity index (χ3v) is 14.7. The number of nitrogens with one attached hydrogen (secondary N) is 2. The number of benzene rings is 4. The van der Waals surface area contributed by atoms with Gasteiger partial charge < -0.3 is 48.7 Å². The molecule has 26 nitrogen and oxygen atoms in total. The summed E-state index contributed by atoms with van der Waals surface area (Å²) in [5, 5.41) is 49.2. The molecule has 31 heteroatoms. The number of carboxylic acid groups (broad SMARTS) is 1. The predicted molar refractivity (Wildman–Crippen MR) is 342 cm³/mol. The first-order valence-electron chi connectivity index (χ1n) is 29.3. The average Bonchev–Trinajstić information content (AvgIpc) is 2.45. The van der Waals surface area contributed by atoms with E-state index in [4.69, 9.17) is 91.7 Å². The molecule has 8 rings (SSSR count). The Kier molecular flexibility index (Phi) is 30.4. The number of carbonyl (C=O) groups is 6. The number of aliphatic carboxylic acids is 1. The van der Waals surface area contributed by atoms with Crippen LogP contribution in [0.4, 0.5) is 9.59 Å². The predicted octanol–water partition coefficient (Wildman–Crippen LogP) is 10.3. The molecule has 2 saturated carbocycles. The molecule has 2 unspecified atom stereocenters. The largest absolute Gasteiger partial charge is 0.511 e. The van der Waals surface area contributed by atoms with Crippen LogP contribution in [0.25, 0.3) is 22.3 Å². The molecular formula is C62H71Cl5N10O16. The zero-order chi connectivity index (χ0) is 67.4. The van der Waals surface area contributed by atoms with Crippen LogP contribution in [0.1, 0.15) is 110 Å². The number of amides is 2. The molecule has 5 N–H and O–H groups in total. The molecule has 2 aliphatic rings. The number of hydrogen-bond acceptors (Lipinski definition) is 21. The molecule has 0 bridgehead atoms. The summed E-state index contributed by atoms with van der Waals surface area (Å²) < 4.78 is 25.1. The van der Waals surface area contributed by atoms with Gasteiger partial charge in [0.15, 0.2) is 29.2 Å². The Morgan fingerprint density at radius 2 is 1.01 bits per heavy atom. The first-order chi connectivity index (χ1) is 44.5. The van der Waals surface area contributed by atoms with Gasteiger partial charge in [-0.1, -0.05) is 154 Å². The van der Waals surface area contributed by atoms with Crippen molar-refractivity contribution in [3.05, 3.63) is 165 Å². The van der Waals surface area contributed by atoms with Crippen LogP contribution < -0.4 is 20.5 Å². The Labute approximate surface area is 560 Å². The molecule has 4 aromatic carbocycles. The summed E-state index contributed by atoms with van der Waals surface area (Å²) in [6.07, 6.45) is 8.85. The smallest absolute Gasteiger partial charge is 0.479 e. The lowest BCUT2D eigenvalue weighted by atomic mass is 9.98. The first kappa shape index (κ1) is 74.0. The number of carboxylic acids is 1. The summed E-state index contributed by atoms with van der Waals surface area (Å²) in [6, 6.07) is 24.8. The molecule has 2 fully saturated rings. The van der Waals surface area contributed by atoms with Gasteiger partial charge in [0.2, 0.25) is 6.29 Å². The highest BCUT2D eigenvalue weighted by Crippen LogP contribution is 2.33. The van der Waals surface area contributed by atoms with Gasteiger partial charge in [-0.2, -0.15) is 0 Å². The van der Waals surface area contributed by atoms with E-state index >= 15 is 0 Å². The molecular weight excluding hydrogens is 1320 g/mol. The van der Waals surface area contributed by atoms with Crippen LogP contribution in [0.2, 0.25) is 20.1 Å². The number of ether oxygens (including phenoxy) is 5. The molecule has 2 amide bonds. The molecule has 0 radical (unpaired) electrons. The molecule has 4 atom stereocenters. The Hall–Kier alpha value is -8.05. The van der Waals surface area contributed by atoms with Gasteiger partial charge in [0.1, 0.15) is 37.8 Å². The first-order valence-corrected chi connectivity index (χ1v) is 31.2. The maximum absolute atomic E-state index is 13.0. The van der Waals surface area contributed by atoms with E-state index in [1.807, 2.05) is 24.3 Å². The lowest BCUT2D eigenvalue weighted by Crippen LogP contribution is -2.48. The second kappa shape index (κ2) is 38.2. The van der Waals surface area contributed by atoms with Crippen molar-refractivity contribution in [1.82, 2.24) is 51.2 Å². The van der Waals surface area contributed by atoms with Crippen molar-refractivity contribution in [2.45, 2.75) is 127 Å². The highest BCUT2D eigenvalue weighted by molar-refractivity contribution is 6.36. The number of esters is 1. The molecule has 6 aromatic rings. The number of carbonyl (C=O) groups excluding carboxylic acids is 5. The fourth-order valence-electron chi connectivity index (χ4n) is 9.05. The molecule has 0 aliphatic heterocycles. The van der Waals surface area contributed by atoms with Crippen molar-refractivity contribution in [1.29, 1.82) is 0 Å². The van der Waals surface area contributed by atoms with Crippen LogP contribution in [0.15, 0.2) is 123 Å². The van der Waals surface area contributed by atoms with Crippen molar-refractivity contribution in [2.75, 3.05) is 26.3 Å². The number of alkyl halides is 1. The van der Waals surface area contributed by atoms with Crippen molar-refractivity contribution in [3.63, 3.8) is 0 Å². The van der Waals surface area contributed by atoms with Gasteiger partial charge in [-0.3, -0.25) is 20.4 Å². The van der Waals surface area contributed by atoms with Gasteiger partial charge >= 0.3 is 24.2 Å². The monoisotopic (exact) mass is 1390 g/mol. The van der Waals surface area contributed by atoms with Crippen LogP contribution in [-0.2, 0) is 46.4 Å². The van der Waals surface area contributed by atoms with Crippen molar-refractivity contribution in [2.24, 2.45) is 0 Å². The number of hydrazine groups is 2. The Morgan fingerprint density at radius 3 is 1.41 bits per heavy atom. The molecule has 0 saturated heterocycles. The summed E-state index contributed by atoms with van der Waals surface area (Å²) in [5.41, 5.74) is 8.97. The van der Waals surface area contributed by atoms with E-state index in [-0.39, 0.29) is 56.4 Å². The van der Waals surface area contributed by atoms with E-state index < -0.39 is 66.7 Å². The normalized spacial score (nSPS) is 14.4. The number of aromatic nitrogens is 6. The van der Waals surface area contributed by atoms with E-state index in [0.29, 0.717) is 25.7 Å². The lowest BCUT2D eigenvalue weighted by molar-refractivity contribution is -0.179. The SMILES string of the molecule is C=CCOn1cc(C(=O)NN(Cc2ccc(-c3cc(Cl)ccc3Cl)cc2)C[C@@H](O)C(=O)O)nn1.C=CCOn1cc(C(=O)NN(Cc2ccc(-c3cc(Cl)ccc3Cl)cc2)C[C@@H](O)C(=O)OC(C)OC(=O)OC2CCCCC2)nn1.CC(Cl)OC(=O)OC1CCCCC1. The third-order valence-electron chi connectivity index (χ3n) is 13.5. The van der Waals surface area contributed by atoms with Gasteiger partial charge in [-0.05, 0) is 127 Å². The molecule has 2 aromatic heterocycles. The van der Waals surface area contributed by atoms with E-state index in [2.05, 4.69) is 49.4 Å². The van der Waals surface area contributed by atoms with Gasteiger partial charge in [-0.25, -0.2) is 29.2 Å². The summed E-state index contributed by atoms with van der Waals surface area (Å²) in [7, 11) is 0. The minimum Gasteiger partial charge on any atom is -0.479 e. The summed E-state index contributed by atoms with van der Waals surface area (Å²) >= 11 is 30.3. The standard InChI is InChI=1S/C31H35Cl2N5O8.C22H21Cl2N5O5.C9H15ClO3/c1-3-15-43-38-18-27(34-36-38)29(40)35-37(17-21-9-11-22(12-10-21)25-16-23(32)13-14-26(25)33)19-28(39)30(41)44-20(2)45-31(42)46-24-7-5-4-6-8-24;1-2-9-34-29-12-19(25-27-29)21(31)26-28(13-20(30)22(32)33)11-14-3-5-15(6-4-14)17-10-16(23)7-8-18(17)24;1-7(10)12-9(11)13-8-5-3-2-4-6-8/h3,9-14,16,18,20,24,28,39H,1,4-8,15,17,19H2,2H3,(H,35,40);2-8,10,12,20,30H,1,9,11,13H2,(H,26,31)(H,32,33);7-8H,2-6H2,1H3/t20?,28-;20-;/m11./s1. The van der Waals surface area contributed by atoms with E-state index in [9.17, 15) is 39.0 Å². The minimum atomic E-state index is -1.74. The van der Waals surface area contributed by atoms with Gasteiger partial charge in [-0.15, -0.1) is 10.2 Å². The quantitative estimate of drug-likeness (QED) is 0.00799. The fraction of sp³-hybridized carbons (Fsp3) is 0.387. The van der Waals surface area contributed by atoms with Crippen molar-refractivity contribution < 1.29 is 77.4 Å². The molecule has 500 valence electrons. The third kappa shape index (κ3) is 25.8. The van der Waals surface area contributed by atoms with Crippen LogP contribution >= 0.6 is 58.0 Å². The number of hydrogen-bond donors (Lipinski definition) is 5. The van der Waals surface area contributed by atoms with Gasteiger partial charge in [0.05, 0.1) is 13.1 Å². The topological polar surface area (TPSA) is 320 Å². The number of nitrogens with zero attached hydrogens (tertiary/aromatic N) is 8. The maximum atomic E-state index is 13.0. The molecule has 2 aliphatic carbocycles. The number of rotatable bonds is 27. The summed E-state index contributed by atoms with van der Waals surface area (Å²) in [4.78, 5) is 85.0. The highest BCUT2D eigenvalue weighted by Gasteiger charge is 2.28. The summed E-state index contributed by atoms with van der Waals surface area (Å²) in [6.45, 7) is 9.67. The van der Waals surface area contributed by atoms with Crippen LogP contribution in [-0.4, -0.2) is 154 Å². The van der Waals surface area contributed by atoms with Crippen LogP contribution in [0, 0.1) is 0 Å². The second-order valence-corrected chi connectivity index (χ2v) is 23.2. The van der Waals surface area contributed by atoms with Gasteiger partial charge in [0, 0.05) is 51.2 Å². The van der Waals surface area contributed by atoms with E-state index in [0.717, 1.165) is 95.3 Å². The number of aliphatic hydroxyl groups excluding tert-OH is 2.